The minimum absolute atomic E-state index is 0.0343. The second-order valence-electron chi connectivity index (χ2n) is 9.42. The van der Waals surface area contributed by atoms with Gasteiger partial charge in [-0.2, -0.15) is 10.2 Å². The molecule has 0 aliphatic carbocycles. The van der Waals surface area contributed by atoms with E-state index in [9.17, 15) is 19.1 Å². The molecular formula is C27H25FN6O3S. The molecule has 2 aromatic carbocycles. The summed E-state index contributed by atoms with van der Waals surface area (Å²) < 4.78 is 17.3. The van der Waals surface area contributed by atoms with Gasteiger partial charge in [0.2, 0.25) is 0 Å². The van der Waals surface area contributed by atoms with Gasteiger partial charge in [-0.25, -0.2) is 9.49 Å². The van der Waals surface area contributed by atoms with Crippen LogP contribution in [0.25, 0.3) is 21.3 Å². The van der Waals surface area contributed by atoms with Crippen molar-refractivity contribution in [2.24, 2.45) is 7.05 Å². The third-order valence-electron chi connectivity index (χ3n) is 6.15. The summed E-state index contributed by atoms with van der Waals surface area (Å²) in [5.74, 6) is -0.643. The minimum atomic E-state index is -1.13. The Morgan fingerprint density at radius 2 is 1.92 bits per heavy atom. The molecule has 3 aromatic heterocycles. The number of H-pyrrole nitrogens is 1. The normalized spacial score (nSPS) is 11.6. The predicted molar refractivity (Wildman–Crippen MR) is 147 cm³/mol. The molecule has 0 saturated heterocycles. The van der Waals surface area contributed by atoms with Crippen molar-refractivity contribution >= 4 is 44.5 Å². The second-order valence-corrected chi connectivity index (χ2v) is 10.5. The van der Waals surface area contributed by atoms with E-state index in [2.05, 4.69) is 25.9 Å². The molecule has 0 saturated carbocycles. The van der Waals surface area contributed by atoms with Crippen molar-refractivity contribution in [2.45, 2.75) is 26.4 Å². The highest BCUT2D eigenvalue weighted by Gasteiger charge is 2.22. The van der Waals surface area contributed by atoms with Crippen molar-refractivity contribution in [3.8, 4) is 11.3 Å². The largest absolute Gasteiger partial charge is 0.384 e. The fourth-order valence-corrected chi connectivity index (χ4v) is 5.21. The van der Waals surface area contributed by atoms with Gasteiger partial charge >= 0.3 is 0 Å². The van der Waals surface area contributed by atoms with Gasteiger partial charge in [-0.3, -0.25) is 14.3 Å². The standard InChI is InChI=1S/C27H25FN6O3S/c1-14-16(9-10-17(28)24(14)30-26(36)21-11-15-7-5-6-8-20(15)38-21)18-12-19(25(35)32-31-18)29-23-13-22(27(2,3)37)34(4)33-23/h5-13,37H,1-4H3,(H,30,36)(H,32,35)(H,29,31,33). The molecule has 38 heavy (non-hydrogen) atoms. The molecule has 0 bridgehead atoms. The lowest BCUT2D eigenvalue weighted by atomic mass is 10.0. The summed E-state index contributed by atoms with van der Waals surface area (Å²) in [6.45, 7) is 4.95. The zero-order chi connectivity index (χ0) is 27.2. The summed E-state index contributed by atoms with van der Waals surface area (Å²) in [4.78, 5) is 25.9. The molecule has 11 heteroatoms. The number of fused-ring (bicyclic) bond motifs is 1. The molecule has 0 aliphatic heterocycles. The van der Waals surface area contributed by atoms with Gasteiger partial charge < -0.3 is 15.7 Å². The number of hydrogen-bond acceptors (Lipinski definition) is 7. The van der Waals surface area contributed by atoms with E-state index in [1.807, 2.05) is 24.3 Å². The number of carbonyl (C=O) groups is 1. The molecule has 3 heterocycles. The van der Waals surface area contributed by atoms with E-state index in [1.165, 1.54) is 34.2 Å². The number of aliphatic hydroxyl groups is 1. The Morgan fingerprint density at radius 3 is 2.63 bits per heavy atom. The van der Waals surface area contributed by atoms with Gasteiger partial charge in [-0.05, 0) is 62.1 Å². The van der Waals surface area contributed by atoms with Crippen molar-refractivity contribution in [2.75, 3.05) is 10.6 Å². The molecule has 5 rings (SSSR count). The number of nitrogens with one attached hydrogen (secondary N) is 3. The maximum Gasteiger partial charge on any atom is 0.287 e. The first-order valence-corrected chi connectivity index (χ1v) is 12.6. The molecule has 5 aromatic rings. The van der Waals surface area contributed by atoms with Crippen LogP contribution in [-0.2, 0) is 12.6 Å². The first-order valence-electron chi connectivity index (χ1n) is 11.7. The SMILES string of the molecule is Cc1c(-c2cc(Nc3cc(C(C)(C)O)n(C)n3)c(=O)[nH]n2)ccc(F)c1NC(=O)c1cc2ccccc2s1. The van der Waals surface area contributed by atoms with Crippen LogP contribution in [0, 0.1) is 12.7 Å². The lowest BCUT2D eigenvalue weighted by Crippen LogP contribution is -2.19. The van der Waals surface area contributed by atoms with Crippen molar-refractivity contribution in [1.29, 1.82) is 0 Å². The Hall–Kier alpha value is -4.35. The van der Waals surface area contributed by atoms with Gasteiger partial charge in [0.05, 0.1) is 22.0 Å². The van der Waals surface area contributed by atoms with E-state index in [0.29, 0.717) is 33.2 Å². The first kappa shape index (κ1) is 25.3. The molecule has 0 fully saturated rings. The second kappa shape index (κ2) is 9.51. The molecular weight excluding hydrogens is 507 g/mol. The monoisotopic (exact) mass is 532 g/mol. The van der Waals surface area contributed by atoms with E-state index in [1.54, 1.807) is 40.0 Å². The van der Waals surface area contributed by atoms with Crippen LogP contribution in [0.3, 0.4) is 0 Å². The van der Waals surface area contributed by atoms with Crippen LogP contribution in [0.15, 0.2) is 59.4 Å². The number of rotatable bonds is 6. The highest BCUT2D eigenvalue weighted by molar-refractivity contribution is 7.20. The lowest BCUT2D eigenvalue weighted by Gasteiger charge is -2.16. The first-order chi connectivity index (χ1) is 18.0. The van der Waals surface area contributed by atoms with E-state index >= 15 is 0 Å². The van der Waals surface area contributed by atoms with Gasteiger partial charge in [0, 0.05) is 23.4 Å². The van der Waals surface area contributed by atoms with Crippen molar-refractivity contribution < 1.29 is 14.3 Å². The van der Waals surface area contributed by atoms with Crippen LogP contribution in [0.4, 0.5) is 21.6 Å². The molecule has 0 radical (unpaired) electrons. The van der Waals surface area contributed by atoms with Crippen molar-refractivity contribution in [1.82, 2.24) is 20.0 Å². The number of carbonyl (C=O) groups excluding carboxylic acids is 1. The van der Waals surface area contributed by atoms with Gasteiger partial charge in [0.1, 0.15) is 17.1 Å². The Morgan fingerprint density at radius 1 is 1.16 bits per heavy atom. The van der Waals surface area contributed by atoms with Gasteiger partial charge in [-0.1, -0.05) is 18.2 Å². The zero-order valence-electron chi connectivity index (χ0n) is 21.1. The van der Waals surface area contributed by atoms with Gasteiger partial charge in [0.15, 0.2) is 5.82 Å². The molecule has 194 valence electrons. The number of aromatic nitrogens is 4. The Bertz CT molecular complexity index is 1720. The molecule has 0 atom stereocenters. The van der Waals surface area contributed by atoms with Gasteiger partial charge in [0.25, 0.3) is 11.5 Å². The topological polar surface area (TPSA) is 125 Å². The number of hydrogen-bond donors (Lipinski definition) is 4. The van der Waals surface area contributed by atoms with Crippen LogP contribution in [0.1, 0.15) is 34.8 Å². The molecule has 1 amide bonds. The highest BCUT2D eigenvalue weighted by Crippen LogP contribution is 2.32. The lowest BCUT2D eigenvalue weighted by molar-refractivity contribution is 0.0695. The quantitative estimate of drug-likeness (QED) is 0.242. The van der Waals surface area contributed by atoms with E-state index in [4.69, 9.17) is 0 Å². The summed E-state index contributed by atoms with van der Waals surface area (Å²) >= 11 is 1.33. The number of nitrogens with zero attached hydrogens (tertiary/aromatic N) is 3. The smallest absolute Gasteiger partial charge is 0.287 e. The highest BCUT2D eigenvalue weighted by atomic mass is 32.1. The van der Waals surface area contributed by atoms with E-state index in [-0.39, 0.29) is 11.4 Å². The molecule has 0 aliphatic rings. The number of aromatic amines is 1. The summed E-state index contributed by atoms with van der Waals surface area (Å²) in [5.41, 5.74) is 0.478. The Kier molecular flexibility index (Phi) is 6.33. The average Bonchev–Trinajstić information content (AvgIpc) is 3.46. The number of thiophene rings is 1. The number of anilines is 3. The number of benzene rings is 2. The molecule has 0 unspecified atom stereocenters. The fourth-order valence-electron chi connectivity index (χ4n) is 4.25. The fraction of sp³-hybridized carbons (Fsp3) is 0.185. The van der Waals surface area contributed by atoms with Crippen molar-refractivity contribution in [3.05, 3.63) is 86.9 Å². The Balaban J connectivity index is 1.46. The van der Waals surface area contributed by atoms with Crippen LogP contribution >= 0.6 is 11.3 Å². The maximum atomic E-state index is 14.9. The van der Waals surface area contributed by atoms with Crippen LogP contribution in [-0.4, -0.2) is 31.0 Å². The number of halogens is 1. The molecule has 9 nitrogen and oxygen atoms in total. The predicted octanol–water partition coefficient (Wildman–Crippen LogP) is 5.06. The molecule has 0 spiro atoms. The number of amides is 1. The number of aryl methyl sites for hydroxylation is 1. The van der Waals surface area contributed by atoms with E-state index < -0.39 is 22.9 Å². The third kappa shape index (κ3) is 4.81. The summed E-state index contributed by atoms with van der Waals surface area (Å²) in [6, 6.07) is 15.4. The van der Waals surface area contributed by atoms with Crippen LogP contribution in [0.5, 0.6) is 0 Å². The summed E-state index contributed by atoms with van der Waals surface area (Å²) in [5, 5.41) is 27.8. The third-order valence-corrected chi connectivity index (χ3v) is 7.27. The summed E-state index contributed by atoms with van der Waals surface area (Å²) in [6.07, 6.45) is 0. The van der Waals surface area contributed by atoms with Crippen LogP contribution in [0.2, 0.25) is 0 Å². The molecule has 4 N–H and O–H groups in total. The summed E-state index contributed by atoms with van der Waals surface area (Å²) in [7, 11) is 1.69. The van der Waals surface area contributed by atoms with Crippen LogP contribution < -0.4 is 16.2 Å². The Labute approximate surface area is 221 Å². The van der Waals surface area contributed by atoms with Gasteiger partial charge in [-0.15, -0.1) is 11.3 Å². The minimum Gasteiger partial charge on any atom is -0.384 e. The van der Waals surface area contributed by atoms with E-state index in [0.717, 1.165) is 10.1 Å². The zero-order valence-corrected chi connectivity index (χ0v) is 21.9. The van der Waals surface area contributed by atoms with Crippen molar-refractivity contribution in [3.63, 3.8) is 0 Å². The maximum absolute atomic E-state index is 14.9. The average molecular weight is 533 g/mol.